The van der Waals surface area contributed by atoms with Gasteiger partial charge in [-0.15, -0.1) is 0 Å². The molecule has 0 saturated carbocycles. The molecular formula is C12H17N3O3. The molecule has 0 amide bonds. The zero-order chi connectivity index (χ0) is 13.1. The van der Waals surface area contributed by atoms with Crippen molar-refractivity contribution in [3.63, 3.8) is 0 Å². The van der Waals surface area contributed by atoms with Gasteiger partial charge in [-0.1, -0.05) is 12.1 Å². The molecule has 6 nitrogen and oxygen atoms in total. The number of piperazine rings is 1. The number of aromatic hydroxyl groups is 1. The second-order valence-corrected chi connectivity index (χ2v) is 4.27. The molecule has 6 heteroatoms. The predicted molar refractivity (Wildman–Crippen MR) is 67.8 cm³/mol. The van der Waals surface area contributed by atoms with Gasteiger partial charge in [0.05, 0.1) is 5.69 Å². The van der Waals surface area contributed by atoms with Gasteiger partial charge in [0.2, 0.25) is 0 Å². The number of nitrogens with two attached hydrogens (primary N) is 1. The van der Waals surface area contributed by atoms with Crippen molar-refractivity contribution in [3.05, 3.63) is 23.8 Å². The van der Waals surface area contributed by atoms with Crippen LogP contribution in [0.25, 0.3) is 0 Å². The Kier molecular flexibility index (Phi) is 3.69. The number of benzene rings is 1. The lowest BCUT2D eigenvalue weighted by Gasteiger charge is -2.30. The van der Waals surface area contributed by atoms with Gasteiger partial charge < -0.3 is 26.2 Å². The van der Waals surface area contributed by atoms with E-state index in [0.29, 0.717) is 5.69 Å². The molecule has 1 saturated heterocycles. The number of para-hydroxylation sites is 1. The largest absolute Gasteiger partial charge is 0.505 e. The number of phenols is 1. The van der Waals surface area contributed by atoms with Crippen LogP contribution in [-0.4, -0.2) is 42.4 Å². The van der Waals surface area contributed by atoms with Crippen molar-refractivity contribution in [1.82, 2.24) is 5.32 Å². The Morgan fingerprint density at radius 3 is 2.67 bits per heavy atom. The summed E-state index contributed by atoms with van der Waals surface area (Å²) in [5.41, 5.74) is 6.44. The SMILES string of the molecule is N[C@H](C(=O)O)c1cccc(N2CCNCC2)c1O. The van der Waals surface area contributed by atoms with Gasteiger partial charge in [0, 0.05) is 31.7 Å². The smallest absolute Gasteiger partial charge is 0.325 e. The third kappa shape index (κ3) is 2.39. The number of nitrogens with zero attached hydrogens (tertiary/aromatic N) is 1. The number of hydrogen-bond donors (Lipinski definition) is 4. The minimum absolute atomic E-state index is 0.0331. The molecule has 0 spiro atoms. The number of phenolic OH excluding ortho intramolecular Hbond substituents is 1. The van der Waals surface area contributed by atoms with Crippen molar-refractivity contribution in [1.29, 1.82) is 0 Å². The summed E-state index contributed by atoms with van der Waals surface area (Å²) in [6.07, 6.45) is 0. The summed E-state index contributed by atoms with van der Waals surface area (Å²) in [4.78, 5) is 12.9. The molecule has 5 N–H and O–H groups in total. The molecule has 98 valence electrons. The highest BCUT2D eigenvalue weighted by Gasteiger charge is 2.22. The second kappa shape index (κ2) is 5.24. The van der Waals surface area contributed by atoms with Crippen LogP contribution in [-0.2, 0) is 4.79 Å². The van der Waals surface area contributed by atoms with Gasteiger partial charge in [0.25, 0.3) is 0 Å². The summed E-state index contributed by atoms with van der Waals surface area (Å²) >= 11 is 0. The van der Waals surface area contributed by atoms with Crippen molar-refractivity contribution in [2.24, 2.45) is 5.73 Å². The number of nitrogens with one attached hydrogen (secondary N) is 1. The van der Waals surface area contributed by atoms with Crippen LogP contribution in [0.2, 0.25) is 0 Å². The molecule has 0 aromatic heterocycles. The van der Waals surface area contributed by atoms with E-state index in [1.54, 1.807) is 18.2 Å². The minimum atomic E-state index is -1.20. The highest BCUT2D eigenvalue weighted by molar-refractivity contribution is 5.78. The van der Waals surface area contributed by atoms with Crippen LogP contribution >= 0.6 is 0 Å². The molecule has 1 fully saturated rings. The number of carboxylic acids is 1. The van der Waals surface area contributed by atoms with Gasteiger partial charge in [0.1, 0.15) is 11.8 Å². The maximum absolute atomic E-state index is 10.9. The number of carbonyl (C=O) groups is 1. The Morgan fingerprint density at radius 1 is 1.39 bits per heavy atom. The fourth-order valence-electron chi connectivity index (χ4n) is 2.09. The van der Waals surface area contributed by atoms with Gasteiger partial charge in [0.15, 0.2) is 0 Å². The lowest BCUT2D eigenvalue weighted by molar-refractivity contribution is -0.138. The molecule has 0 bridgehead atoms. The number of aliphatic carboxylic acids is 1. The molecule has 1 heterocycles. The molecule has 1 aliphatic rings. The predicted octanol–water partition coefficient (Wildman–Crippen LogP) is -0.114. The Labute approximate surface area is 105 Å². The first-order valence-corrected chi connectivity index (χ1v) is 5.87. The first-order valence-electron chi connectivity index (χ1n) is 5.87. The summed E-state index contributed by atoms with van der Waals surface area (Å²) in [6, 6.07) is 3.83. The van der Waals surface area contributed by atoms with Crippen LogP contribution in [0, 0.1) is 0 Å². The van der Waals surface area contributed by atoms with Gasteiger partial charge in [-0.25, -0.2) is 0 Å². The highest BCUT2D eigenvalue weighted by Crippen LogP contribution is 2.33. The summed E-state index contributed by atoms with van der Waals surface area (Å²) < 4.78 is 0. The molecule has 1 aliphatic heterocycles. The third-order valence-corrected chi connectivity index (χ3v) is 3.10. The Hall–Kier alpha value is -1.79. The average molecular weight is 251 g/mol. The zero-order valence-corrected chi connectivity index (χ0v) is 9.97. The molecule has 0 unspecified atom stereocenters. The van der Waals surface area contributed by atoms with Gasteiger partial charge in [-0.05, 0) is 6.07 Å². The number of rotatable bonds is 3. The average Bonchev–Trinajstić information content (AvgIpc) is 2.39. The van der Waals surface area contributed by atoms with Crippen LogP contribution in [0.15, 0.2) is 18.2 Å². The van der Waals surface area contributed by atoms with Crippen molar-refractivity contribution in [2.45, 2.75) is 6.04 Å². The molecule has 0 radical (unpaired) electrons. The van der Waals surface area contributed by atoms with Gasteiger partial charge >= 0.3 is 5.97 Å². The summed E-state index contributed by atoms with van der Waals surface area (Å²) in [5.74, 6) is -1.18. The van der Waals surface area contributed by atoms with Crippen LogP contribution in [0.1, 0.15) is 11.6 Å². The van der Waals surface area contributed by atoms with Gasteiger partial charge in [-0.2, -0.15) is 0 Å². The molecule has 0 aliphatic carbocycles. The zero-order valence-electron chi connectivity index (χ0n) is 9.97. The third-order valence-electron chi connectivity index (χ3n) is 3.10. The number of hydrogen-bond acceptors (Lipinski definition) is 5. The standard InChI is InChI=1S/C12H17N3O3/c13-10(12(17)18)8-2-1-3-9(11(8)16)15-6-4-14-5-7-15/h1-3,10,14,16H,4-7,13H2,(H,17,18)/t10-/m0/s1. The molecule has 18 heavy (non-hydrogen) atoms. The summed E-state index contributed by atoms with van der Waals surface area (Å²) in [5, 5.41) is 22.3. The van der Waals surface area contributed by atoms with Crippen LogP contribution < -0.4 is 16.0 Å². The number of carboxylic acid groups (broad SMARTS) is 1. The second-order valence-electron chi connectivity index (χ2n) is 4.27. The van der Waals surface area contributed by atoms with Crippen LogP contribution in [0.4, 0.5) is 5.69 Å². The van der Waals surface area contributed by atoms with Crippen molar-refractivity contribution < 1.29 is 15.0 Å². The molecule has 2 rings (SSSR count). The Balaban J connectivity index is 2.31. The minimum Gasteiger partial charge on any atom is -0.505 e. The van der Waals surface area contributed by atoms with E-state index in [1.165, 1.54) is 0 Å². The van der Waals surface area contributed by atoms with Gasteiger partial charge in [-0.3, -0.25) is 4.79 Å². The lowest BCUT2D eigenvalue weighted by Crippen LogP contribution is -2.43. The molecular weight excluding hydrogens is 234 g/mol. The normalized spacial score (nSPS) is 17.5. The van der Waals surface area contributed by atoms with Crippen molar-refractivity contribution in [2.75, 3.05) is 31.1 Å². The van der Waals surface area contributed by atoms with Crippen molar-refractivity contribution >= 4 is 11.7 Å². The maximum Gasteiger partial charge on any atom is 0.325 e. The Morgan fingerprint density at radius 2 is 2.06 bits per heavy atom. The molecule has 1 atom stereocenters. The van der Waals surface area contributed by atoms with E-state index in [2.05, 4.69) is 5.32 Å². The fourth-order valence-corrected chi connectivity index (χ4v) is 2.09. The van der Waals surface area contributed by atoms with E-state index in [1.807, 2.05) is 4.90 Å². The monoisotopic (exact) mass is 251 g/mol. The number of anilines is 1. The maximum atomic E-state index is 10.9. The van der Waals surface area contributed by atoms with E-state index in [-0.39, 0.29) is 11.3 Å². The van der Waals surface area contributed by atoms with Crippen molar-refractivity contribution in [3.8, 4) is 5.75 Å². The van der Waals surface area contributed by atoms with E-state index in [0.717, 1.165) is 26.2 Å². The summed E-state index contributed by atoms with van der Waals surface area (Å²) in [6.45, 7) is 3.24. The quantitative estimate of drug-likeness (QED) is 0.598. The Bertz CT molecular complexity index is 444. The lowest BCUT2D eigenvalue weighted by atomic mass is 10.0. The van der Waals surface area contributed by atoms with E-state index >= 15 is 0 Å². The van der Waals surface area contributed by atoms with E-state index in [9.17, 15) is 9.90 Å². The molecule has 1 aromatic carbocycles. The first-order chi connectivity index (χ1) is 8.61. The fraction of sp³-hybridized carbons (Fsp3) is 0.417. The van der Waals surface area contributed by atoms with E-state index < -0.39 is 12.0 Å². The molecule has 1 aromatic rings. The van der Waals surface area contributed by atoms with Crippen LogP contribution in [0.5, 0.6) is 5.75 Å². The first kappa shape index (κ1) is 12.7. The van der Waals surface area contributed by atoms with Crippen LogP contribution in [0.3, 0.4) is 0 Å². The summed E-state index contributed by atoms with van der Waals surface area (Å²) in [7, 11) is 0. The highest BCUT2D eigenvalue weighted by atomic mass is 16.4. The topological polar surface area (TPSA) is 98.8 Å². The van der Waals surface area contributed by atoms with E-state index in [4.69, 9.17) is 10.8 Å².